The molecule has 7 aromatic rings. The van der Waals surface area contributed by atoms with Crippen molar-refractivity contribution in [1.29, 1.82) is 0 Å². The molecular formula is C36H27NO4. The third-order valence-electron chi connectivity index (χ3n) is 7.95. The molecule has 0 saturated carbocycles. The van der Waals surface area contributed by atoms with Crippen molar-refractivity contribution in [3.05, 3.63) is 124 Å². The summed E-state index contributed by atoms with van der Waals surface area (Å²) >= 11 is 0. The molecule has 0 spiro atoms. The second-order valence-electron chi connectivity index (χ2n) is 10.2. The van der Waals surface area contributed by atoms with E-state index in [0.717, 1.165) is 62.2 Å². The Hall–Kier alpha value is -5.16. The third kappa shape index (κ3) is 4.18. The van der Waals surface area contributed by atoms with E-state index in [0.29, 0.717) is 22.3 Å². The average Bonchev–Trinajstić information content (AvgIpc) is 2.99. The number of hydrogen-bond donors (Lipinski definition) is 0. The second-order valence-corrected chi connectivity index (χ2v) is 10.2. The van der Waals surface area contributed by atoms with Gasteiger partial charge in [0.1, 0.15) is 11.2 Å². The molecule has 0 fully saturated rings. The summed E-state index contributed by atoms with van der Waals surface area (Å²) in [6.45, 7) is 5.95. The first kappa shape index (κ1) is 24.9. The molecule has 0 saturated heterocycles. The Morgan fingerprint density at radius 1 is 0.512 bits per heavy atom. The zero-order chi connectivity index (χ0) is 28.1. The first-order valence-electron chi connectivity index (χ1n) is 13.9. The van der Waals surface area contributed by atoms with Gasteiger partial charge in [-0.25, -0.2) is 9.59 Å². The number of rotatable bonds is 5. The maximum Gasteiger partial charge on any atom is 0.344 e. The van der Waals surface area contributed by atoms with E-state index in [1.54, 1.807) is 0 Å². The standard InChI is InChI=1S/C36H27NO4/c1-3-37(4-2)26-16-15-24-18-31(35(38)41-34(24)21-26)29-13-7-12-28-27(29)11-8-14-30(28)32-19-25-17-22-9-5-6-10-23(22)20-33(25)40-36(32)39/h5-21H,3-4H2,1-2H3. The number of fused-ring (bicyclic) bond motifs is 4. The van der Waals surface area contributed by atoms with Crippen LogP contribution in [0.3, 0.4) is 0 Å². The van der Waals surface area contributed by atoms with Crippen LogP contribution in [0.4, 0.5) is 5.69 Å². The molecule has 2 aromatic heterocycles. The molecule has 0 aliphatic heterocycles. The van der Waals surface area contributed by atoms with Crippen LogP contribution < -0.4 is 16.2 Å². The van der Waals surface area contributed by atoms with E-state index >= 15 is 0 Å². The van der Waals surface area contributed by atoms with Crippen molar-refractivity contribution in [2.24, 2.45) is 0 Å². The van der Waals surface area contributed by atoms with Crippen LogP contribution >= 0.6 is 0 Å². The Balaban J connectivity index is 1.39. The van der Waals surface area contributed by atoms with Gasteiger partial charge in [-0.05, 0) is 82.9 Å². The van der Waals surface area contributed by atoms with Crippen LogP contribution in [0, 0.1) is 0 Å². The van der Waals surface area contributed by atoms with Gasteiger partial charge in [0.15, 0.2) is 0 Å². The fourth-order valence-corrected chi connectivity index (χ4v) is 5.85. The predicted octanol–water partition coefficient (Wildman–Crippen LogP) is 8.39. The van der Waals surface area contributed by atoms with Crippen LogP contribution in [0.15, 0.2) is 122 Å². The highest BCUT2D eigenvalue weighted by molar-refractivity contribution is 6.06. The maximum atomic E-state index is 13.3. The molecule has 5 heteroatoms. The Morgan fingerprint density at radius 2 is 1.07 bits per heavy atom. The summed E-state index contributed by atoms with van der Waals surface area (Å²) < 4.78 is 11.7. The summed E-state index contributed by atoms with van der Waals surface area (Å²) in [7, 11) is 0. The van der Waals surface area contributed by atoms with Crippen LogP contribution in [0.25, 0.3) is 65.7 Å². The summed E-state index contributed by atoms with van der Waals surface area (Å²) in [5.41, 5.74) is 3.80. The highest BCUT2D eigenvalue weighted by Crippen LogP contribution is 2.35. The molecule has 0 radical (unpaired) electrons. The summed E-state index contributed by atoms with van der Waals surface area (Å²) in [4.78, 5) is 28.8. The minimum atomic E-state index is -0.403. The maximum absolute atomic E-state index is 13.3. The molecular weight excluding hydrogens is 510 g/mol. The molecule has 2 heterocycles. The molecule has 7 rings (SSSR count). The van der Waals surface area contributed by atoms with Gasteiger partial charge in [0.2, 0.25) is 0 Å². The zero-order valence-corrected chi connectivity index (χ0v) is 22.8. The Kier molecular flexibility index (Phi) is 5.93. The van der Waals surface area contributed by atoms with E-state index in [1.807, 2.05) is 97.1 Å². The summed E-state index contributed by atoms with van der Waals surface area (Å²) in [6.07, 6.45) is 0. The van der Waals surface area contributed by atoms with Crippen molar-refractivity contribution in [3.63, 3.8) is 0 Å². The smallest absolute Gasteiger partial charge is 0.344 e. The summed E-state index contributed by atoms with van der Waals surface area (Å²) in [5, 5.41) is 5.51. The van der Waals surface area contributed by atoms with Gasteiger partial charge in [-0.15, -0.1) is 0 Å². The molecule has 0 amide bonds. The molecule has 0 aliphatic carbocycles. The highest BCUT2D eigenvalue weighted by Gasteiger charge is 2.16. The Bertz CT molecular complexity index is 2240. The lowest BCUT2D eigenvalue weighted by molar-refractivity contribution is 0.563. The highest BCUT2D eigenvalue weighted by atomic mass is 16.4. The quantitative estimate of drug-likeness (QED) is 0.163. The van der Waals surface area contributed by atoms with Gasteiger partial charge in [0.25, 0.3) is 0 Å². The number of anilines is 1. The van der Waals surface area contributed by atoms with Crippen LogP contribution in [0.5, 0.6) is 0 Å². The van der Waals surface area contributed by atoms with Crippen molar-refractivity contribution >= 4 is 49.2 Å². The largest absolute Gasteiger partial charge is 0.422 e. The molecule has 0 bridgehead atoms. The van der Waals surface area contributed by atoms with E-state index in [4.69, 9.17) is 8.83 Å². The number of hydrogen-bond acceptors (Lipinski definition) is 5. The van der Waals surface area contributed by atoms with Crippen molar-refractivity contribution in [2.75, 3.05) is 18.0 Å². The first-order chi connectivity index (χ1) is 20.0. The van der Waals surface area contributed by atoms with E-state index < -0.39 is 11.3 Å². The first-order valence-corrected chi connectivity index (χ1v) is 13.9. The molecule has 0 atom stereocenters. The fourth-order valence-electron chi connectivity index (χ4n) is 5.85. The topological polar surface area (TPSA) is 63.7 Å². The van der Waals surface area contributed by atoms with Crippen LogP contribution in [-0.4, -0.2) is 13.1 Å². The van der Waals surface area contributed by atoms with Crippen LogP contribution in [-0.2, 0) is 0 Å². The van der Waals surface area contributed by atoms with Gasteiger partial charge in [0.05, 0.1) is 11.1 Å². The number of nitrogens with zero attached hydrogens (tertiary/aromatic N) is 1. The van der Waals surface area contributed by atoms with Gasteiger partial charge >= 0.3 is 11.3 Å². The zero-order valence-electron chi connectivity index (χ0n) is 22.8. The van der Waals surface area contributed by atoms with E-state index in [1.165, 1.54) is 0 Å². The molecule has 200 valence electrons. The van der Waals surface area contributed by atoms with Gasteiger partial charge in [-0.2, -0.15) is 0 Å². The molecule has 41 heavy (non-hydrogen) atoms. The normalized spacial score (nSPS) is 11.6. The summed E-state index contributed by atoms with van der Waals surface area (Å²) in [6, 6.07) is 33.3. The minimum absolute atomic E-state index is 0.399. The molecule has 0 unspecified atom stereocenters. The van der Waals surface area contributed by atoms with E-state index in [2.05, 4.69) is 24.8 Å². The molecule has 5 aromatic carbocycles. The fraction of sp³-hybridized carbons (Fsp3) is 0.111. The average molecular weight is 538 g/mol. The minimum Gasteiger partial charge on any atom is -0.422 e. The lowest BCUT2D eigenvalue weighted by atomic mass is 9.93. The number of benzene rings is 5. The van der Waals surface area contributed by atoms with E-state index in [9.17, 15) is 9.59 Å². The van der Waals surface area contributed by atoms with Gasteiger partial charge < -0.3 is 13.7 Å². The van der Waals surface area contributed by atoms with E-state index in [-0.39, 0.29) is 0 Å². The second kappa shape index (κ2) is 9.79. The third-order valence-corrected chi connectivity index (χ3v) is 7.95. The molecule has 0 N–H and O–H groups in total. The van der Waals surface area contributed by atoms with Crippen molar-refractivity contribution < 1.29 is 8.83 Å². The molecule has 0 aliphatic rings. The molecule has 5 nitrogen and oxygen atoms in total. The van der Waals surface area contributed by atoms with Crippen LogP contribution in [0.2, 0.25) is 0 Å². The van der Waals surface area contributed by atoms with Crippen molar-refractivity contribution in [3.8, 4) is 22.3 Å². The lowest BCUT2D eigenvalue weighted by Gasteiger charge is -2.21. The Morgan fingerprint density at radius 3 is 1.68 bits per heavy atom. The SMILES string of the molecule is CCN(CC)c1ccc2cc(-c3cccc4c(-c5cc6cc7ccccc7cc6oc5=O)cccc34)c(=O)oc2c1. The van der Waals surface area contributed by atoms with Gasteiger partial charge in [0, 0.05) is 35.6 Å². The monoisotopic (exact) mass is 537 g/mol. The van der Waals surface area contributed by atoms with Crippen LogP contribution in [0.1, 0.15) is 13.8 Å². The van der Waals surface area contributed by atoms with Crippen molar-refractivity contribution in [2.45, 2.75) is 13.8 Å². The predicted molar refractivity (Wildman–Crippen MR) is 168 cm³/mol. The van der Waals surface area contributed by atoms with Crippen molar-refractivity contribution in [1.82, 2.24) is 0 Å². The lowest BCUT2D eigenvalue weighted by Crippen LogP contribution is -2.21. The summed E-state index contributed by atoms with van der Waals surface area (Å²) in [5.74, 6) is 0. The van der Waals surface area contributed by atoms with Gasteiger partial charge in [-0.1, -0.05) is 60.7 Å². The Labute approximate surface area is 235 Å². The van der Waals surface area contributed by atoms with Gasteiger partial charge in [-0.3, -0.25) is 0 Å².